The fourth-order valence-electron chi connectivity index (χ4n) is 4.53. The average Bonchev–Trinajstić information content (AvgIpc) is 3.35. The zero-order chi connectivity index (χ0) is 19.2. The molecule has 3 aliphatic rings. The fraction of sp³-hybridized carbons (Fsp3) is 0.750. The Morgan fingerprint density at radius 2 is 1.74 bits per heavy atom. The first-order chi connectivity index (χ1) is 13.2. The van der Waals surface area contributed by atoms with Gasteiger partial charge in [0.25, 0.3) is 0 Å². The average molecular weight is 377 g/mol. The number of aliphatic imine (C=N–C) groups is 1. The van der Waals surface area contributed by atoms with Crippen molar-refractivity contribution in [2.45, 2.75) is 32.6 Å². The molecule has 3 rings (SSSR count). The summed E-state index contributed by atoms with van der Waals surface area (Å²) in [4.78, 5) is 30.9. The molecule has 2 N–H and O–H groups in total. The topological polar surface area (TPSA) is 83.0 Å². The van der Waals surface area contributed by atoms with Gasteiger partial charge in [-0.05, 0) is 44.4 Å². The summed E-state index contributed by atoms with van der Waals surface area (Å²) in [5.74, 6) is 1.22. The van der Waals surface area contributed by atoms with E-state index in [1.807, 2.05) is 6.92 Å². The molecule has 0 spiro atoms. The number of carbonyl (C=O) groups is 2. The van der Waals surface area contributed by atoms with Crippen molar-refractivity contribution in [3.05, 3.63) is 12.2 Å². The normalized spacial score (nSPS) is 29.0. The zero-order valence-corrected chi connectivity index (χ0v) is 16.4. The number of amides is 2. The SMILES string of the molecule is CCOCCCCNC(=NC)NCCCN1C(=O)C2C3C=CC(C3)C2C1=O. The van der Waals surface area contributed by atoms with Crippen molar-refractivity contribution in [3.8, 4) is 0 Å². The maximum atomic E-state index is 12.6. The second-order valence-electron chi connectivity index (χ2n) is 7.51. The van der Waals surface area contributed by atoms with E-state index in [0.29, 0.717) is 13.1 Å². The monoisotopic (exact) mass is 376 g/mol. The van der Waals surface area contributed by atoms with E-state index in [9.17, 15) is 9.59 Å². The molecule has 0 aromatic rings. The highest BCUT2D eigenvalue weighted by atomic mass is 16.5. The van der Waals surface area contributed by atoms with Gasteiger partial charge in [0.2, 0.25) is 11.8 Å². The number of nitrogens with zero attached hydrogens (tertiary/aromatic N) is 2. The molecule has 0 aromatic heterocycles. The molecule has 1 heterocycles. The number of rotatable bonds is 10. The van der Waals surface area contributed by atoms with E-state index in [1.165, 1.54) is 4.90 Å². The number of hydrogen-bond acceptors (Lipinski definition) is 4. The lowest BCUT2D eigenvalue weighted by Crippen LogP contribution is -2.40. The largest absolute Gasteiger partial charge is 0.382 e. The van der Waals surface area contributed by atoms with E-state index in [4.69, 9.17) is 4.74 Å². The van der Waals surface area contributed by atoms with E-state index in [2.05, 4.69) is 27.8 Å². The maximum absolute atomic E-state index is 12.6. The number of carbonyl (C=O) groups excluding carboxylic acids is 2. The number of nitrogens with one attached hydrogen (secondary N) is 2. The van der Waals surface area contributed by atoms with Crippen LogP contribution in [0.1, 0.15) is 32.6 Å². The quantitative estimate of drug-likeness (QED) is 0.197. The first kappa shape index (κ1) is 19.9. The minimum absolute atomic E-state index is 0.0404. The fourth-order valence-corrected chi connectivity index (χ4v) is 4.53. The molecule has 7 heteroatoms. The second kappa shape index (κ2) is 9.35. The molecule has 0 radical (unpaired) electrons. The number of unbranched alkanes of at least 4 members (excludes halogenated alkanes) is 1. The summed E-state index contributed by atoms with van der Waals surface area (Å²) in [7, 11) is 1.74. The lowest BCUT2D eigenvalue weighted by Gasteiger charge is -2.18. The van der Waals surface area contributed by atoms with Gasteiger partial charge in [0.15, 0.2) is 5.96 Å². The van der Waals surface area contributed by atoms with Crippen LogP contribution in [0.25, 0.3) is 0 Å². The molecule has 4 atom stereocenters. The van der Waals surface area contributed by atoms with Crippen LogP contribution in [0.15, 0.2) is 17.1 Å². The molecule has 0 aromatic carbocycles. The maximum Gasteiger partial charge on any atom is 0.233 e. The Hall–Kier alpha value is -1.89. The van der Waals surface area contributed by atoms with Crippen LogP contribution in [0.3, 0.4) is 0 Å². The second-order valence-corrected chi connectivity index (χ2v) is 7.51. The van der Waals surface area contributed by atoms with E-state index in [0.717, 1.165) is 51.4 Å². The Morgan fingerprint density at radius 1 is 1.11 bits per heavy atom. The van der Waals surface area contributed by atoms with Gasteiger partial charge in [0, 0.05) is 39.9 Å². The summed E-state index contributed by atoms with van der Waals surface area (Å²) in [5.41, 5.74) is 0. The van der Waals surface area contributed by atoms with Gasteiger partial charge in [-0.1, -0.05) is 12.2 Å². The van der Waals surface area contributed by atoms with E-state index in [-0.39, 0.29) is 35.5 Å². The standard InChI is InChI=1S/C20H32N4O3/c1-3-27-12-5-4-9-22-20(21-2)23-10-6-11-24-18(25)16-14-7-8-15(13-14)17(16)19(24)26/h7-8,14-17H,3-6,9-13H2,1-2H3,(H2,21,22,23). The highest BCUT2D eigenvalue weighted by Gasteiger charge is 2.58. The predicted octanol–water partition coefficient (Wildman–Crippen LogP) is 1.17. The molecule has 150 valence electrons. The van der Waals surface area contributed by atoms with Crippen LogP contribution in [0.4, 0.5) is 0 Å². The van der Waals surface area contributed by atoms with Crippen LogP contribution in [0.5, 0.6) is 0 Å². The molecule has 1 saturated heterocycles. The lowest BCUT2D eigenvalue weighted by atomic mass is 9.85. The Labute approximate surface area is 161 Å². The van der Waals surface area contributed by atoms with Crippen molar-refractivity contribution in [2.24, 2.45) is 28.7 Å². The number of guanidine groups is 1. The van der Waals surface area contributed by atoms with Gasteiger partial charge in [0.05, 0.1) is 11.8 Å². The van der Waals surface area contributed by atoms with Crippen molar-refractivity contribution in [1.82, 2.24) is 15.5 Å². The molecule has 27 heavy (non-hydrogen) atoms. The first-order valence-electron chi connectivity index (χ1n) is 10.2. The Balaban J connectivity index is 1.33. The third-order valence-corrected chi connectivity index (χ3v) is 5.85. The number of ether oxygens (including phenoxy) is 1. The van der Waals surface area contributed by atoms with Crippen LogP contribution >= 0.6 is 0 Å². The van der Waals surface area contributed by atoms with Crippen LogP contribution in [-0.4, -0.2) is 62.6 Å². The summed E-state index contributed by atoms with van der Waals surface area (Å²) in [6.45, 7) is 5.56. The summed E-state index contributed by atoms with van der Waals surface area (Å²) in [5, 5.41) is 6.52. The lowest BCUT2D eigenvalue weighted by molar-refractivity contribution is -0.140. The molecule has 1 aliphatic heterocycles. The Kier molecular flexibility index (Phi) is 6.88. The summed E-state index contributed by atoms with van der Waals surface area (Å²) in [6, 6.07) is 0. The number of hydrogen-bond donors (Lipinski definition) is 2. The van der Waals surface area contributed by atoms with Crippen LogP contribution < -0.4 is 10.6 Å². The van der Waals surface area contributed by atoms with Crippen LogP contribution in [-0.2, 0) is 14.3 Å². The minimum Gasteiger partial charge on any atom is -0.382 e. The van der Waals surface area contributed by atoms with Gasteiger partial charge >= 0.3 is 0 Å². The van der Waals surface area contributed by atoms with E-state index >= 15 is 0 Å². The van der Waals surface area contributed by atoms with Crippen LogP contribution in [0.2, 0.25) is 0 Å². The summed E-state index contributed by atoms with van der Waals surface area (Å²) >= 11 is 0. The van der Waals surface area contributed by atoms with Crippen molar-refractivity contribution in [2.75, 3.05) is 39.9 Å². The van der Waals surface area contributed by atoms with Crippen molar-refractivity contribution >= 4 is 17.8 Å². The third-order valence-electron chi connectivity index (χ3n) is 5.85. The third kappa shape index (κ3) is 4.34. The molecule has 2 fully saturated rings. The molecule has 2 aliphatic carbocycles. The molecular weight excluding hydrogens is 344 g/mol. The summed E-state index contributed by atoms with van der Waals surface area (Å²) < 4.78 is 5.32. The van der Waals surface area contributed by atoms with Gasteiger partial charge in [-0.25, -0.2) is 0 Å². The summed E-state index contributed by atoms with van der Waals surface area (Å²) in [6.07, 6.45) is 8.02. The van der Waals surface area contributed by atoms with Gasteiger partial charge in [-0.2, -0.15) is 0 Å². The van der Waals surface area contributed by atoms with Gasteiger partial charge in [-0.15, -0.1) is 0 Å². The zero-order valence-electron chi connectivity index (χ0n) is 16.4. The number of allylic oxidation sites excluding steroid dienone is 2. The van der Waals surface area contributed by atoms with Crippen molar-refractivity contribution in [3.63, 3.8) is 0 Å². The molecular formula is C20H32N4O3. The molecule has 1 saturated carbocycles. The Bertz CT molecular complexity index is 574. The minimum atomic E-state index is -0.0911. The van der Waals surface area contributed by atoms with E-state index in [1.54, 1.807) is 7.05 Å². The van der Waals surface area contributed by atoms with Crippen molar-refractivity contribution < 1.29 is 14.3 Å². The molecule has 2 amide bonds. The number of fused-ring (bicyclic) bond motifs is 5. The first-order valence-corrected chi connectivity index (χ1v) is 10.2. The molecule has 7 nitrogen and oxygen atoms in total. The molecule has 4 unspecified atom stereocenters. The highest BCUT2D eigenvalue weighted by molar-refractivity contribution is 6.06. The van der Waals surface area contributed by atoms with Crippen molar-refractivity contribution in [1.29, 1.82) is 0 Å². The van der Waals surface area contributed by atoms with E-state index < -0.39 is 0 Å². The smallest absolute Gasteiger partial charge is 0.233 e. The van der Waals surface area contributed by atoms with Gasteiger partial charge < -0.3 is 15.4 Å². The van der Waals surface area contributed by atoms with Gasteiger partial charge in [0.1, 0.15) is 0 Å². The number of imide groups is 1. The molecule has 2 bridgehead atoms. The highest BCUT2D eigenvalue weighted by Crippen LogP contribution is 2.52. The van der Waals surface area contributed by atoms with Gasteiger partial charge in [-0.3, -0.25) is 19.5 Å². The number of likely N-dealkylation sites (tertiary alicyclic amines) is 1. The predicted molar refractivity (Wildman–Crippen MR) is 104 cm³/mol. The van der Waals surface area contributed by atoms with Crippen LogP contribution in [0, 0.1) is 23.7 Å². The Morgan fingerprint density at radius 3 is 2.33 bits per heavy atom.